The van der Waals surface area contributed by atoms with Crippen LogP contribution in [-0.4, -0.2) is 36.3 Å². The zero-order chi connectivity index (χ0) is 33.0. The van der Waals surface area contributed by atoms with E-state index in [1.165, 1.54) is 25.3 Å². The van der Waals surface area contributed by atoms with Gasteiger partial charge in [0.1, 0.15) is 5.75 Å². The second-order valence-corrected chi connectivity index (χ2v) is 8.41. The first-order valence-electron chi connectivity index (χ1n) is 17.5. The molecular formula is C30H46N2O2. The molecule has 4 heteroatoms. The number of benzene rings is 1. The van der Waals surface area contributed by atoms with Gasteiger partial charge in [0.15, 0.2) is 0 Å². The Bertz CT molecular complexity index is 1220. The maximum Gasteiger partial charge on any atom is 0.311 e. The lowest BCUT2D eigenvalue weighted by Gasteiger charge is -2.10. The average Bonchev–Trinajstić information content (AvgIpc) is 3.35. The summed E-state index contributed by atoms with van der Waals surface area (Å²) in [6, 6.07) is 4.57. The number of carbonyl (C=O) groups is 1. The number of unbranched alkanes of at least 4 members (excludes halogenated alkanes) is 8. The molecule has 0 radical (unpaired) electrons. The maximum absolute atomic E-state index is 12.7. The zero-order valence-electron chi connectivity index (χ0n) is 30.4. The Labute approximate surface area is 221 Å². The first-order valence-corrected chi connectivity index (χ1v) is 12.5. The number of aromatic nitrogens is 1. The van der Waals surface area contributed by atoms with Crippen molar-refractivity contribution >= 4 is 16.9 Å². The summed E-state index contributed by atoms with van der Waals surface area (Å²) in [5.41, 5.74) is -0.0483. The number of carbonyl (C=O) groups excluding carboxylic acids is 1. The van der Waals surface area contributed by atoms with Crippen molar-refractivity contribution in [1.29, 1.82) is 0 Å². The van der Waals surface area contributed by atoms with E-state index in [4.69, 9.17) is 18.4 Å². The molecule has 0 atom stereocenters. The minimum Gasteiger partial charge on any atom is -0.426 e. The van der Waals surface area contributed by atoms with E-state index in [1.807, 2.05) is 0 Å². The number of nitrogens with one attached hydrogen (secondary N) is 1. The third-order valence-electron chi connectivity index (χ3n) is 5.53. The van der Waals surface area contributed by atoms with Crippen molar-refractivity contribution in [3.8, 4) is 5.75 Å². The number of aryl methyl sites for hydroxylation is 1. The van der Waals surface area contributed by atoms with Gasteiger partial charge >= 0.3 is 5.97 Å². The van der Waals surface area contributed by atoms with Crippen molar-refractivity contribution in [2.75, 3.05) is 20.4 Å². The molecule has 0 aliphatic rings. The summed E-state index contributed by atoms with van der Waals surface area (Å²) >= 11 is 0. The number of hydrogen-bond donors (Lipinski definition) is 1. The van der Waals surface area contributed by atoms with E-state index in [0.29, 0.717) is 11.9 Å². The molecule has 1 aromatic heterocycles. The predicted molar refractivity (Wildman–Crippen MR) is 146 cm³/mol. The number of nitrogens with zero attached hydrogens (tertiary/aromatic N) is 1. The Kier molecular flexibility index (Phi) is 8.26. The molecule has 188 valence electrons. The Balaban J connectivity index is 1.94. The molecule has 0 bridgehead atoms. The number of esters is 1. The Morgan fingerprint density at radius 1 is 1.03 bits per heavy atom. The lowest BCUT2D eigenvalue weighted by atomic mass is 10.1. The number of fused-ring (bicyclic) bond motifs is 1. The molecule has 0 saturated carbocycles. The van der Waals surface area contributed by atoms with E-state index in [-0.39, 0.29) is 23.1 Å². The highest BCUT2D eigenvalue weighted by molar-refractivity contribution is 5.91. The van der Waals surface area contributed by atoms with Crippen LogP contribution >= 0.6 is 0 Å². The number of H-pyrrole nitrogens is 1. The number of allylic oxidation sites excluding steroid dienone is 4. The van der Waals surface area contributed by atoms with Gasteiger partial charge < -0.3 is 14.6 Å². The molecule has 1 N–H and O–H groups in total. The number of likely N-dealkylation sites (N-methyl/N-ethyl adjacent to an activating group) is 1. The molecule has 0 spiro atoms. The van der Waals surface area contributed by atoms with E-state index >= 15 is 0 Å². The van der Waals surface area contributed by atoms with Crippen LogP contribution in [0.15, 0.2) is 48.7 Å². The van der Waals surface area contributed by atoms with Crippen molar-refractivity contribution in [1.82, 2.24) is 9.88 Å². The van der Waals surface area contributed by atoms with Crippen molar-refractivity contribution in [2.24, 2.45) is 0 Å². The van der Waals surface area contributed by atoms with Gasteiger partial charge in [0.05, 0.1) is 0 Å². The molecule has 0 saturated heterocycles. The number of aromatic amines is 1. The summed E-state index contributed by atoms with van der Waals surface area (Å²) in [4.78, 5) is 15.0. The van der Waals surface area contributed by atoms with Crippen LogP contribution in [0, 0.1) is 0 Å². The molecule has 0 unspecified atom stereocenters. The molecule has 0 fully saturated rings. The van der Waals surface area contributed by atoms with Crippen molar-refractivity contribution in [3.63, 3.8) is 0 Å². The Morgan fingerprint density at radius 3 is 2.53 bits per heavy atom. The molecule has 34 heavy (non-hydrogen) atoms. The quantitative estimate of drug-likeness (QED) is 0.103. The van der Waals surface area contributed by atoms with Crippen molar-refractivity contribution < 1.29 is 23.2 Å². The van der Waals surface area contributed by atoms with Crippen LogP contribution in [0.1, 0.15) is 103 Å². The molecule has 2 rings (SSSR count). The summed E-state index contributed by atoms with van der Waals surface area (Å²) < 4.78 is 85.0. The van der Waals surface area contributed by atoms with Crippen LogP contribution in [0.25, 0.3) is 10.9 Å². The van der Waals surface area contributed by atoms with Gasteiger partial charge in [0.25, 0.3) is 0 Å². The first kappa shape index (κ1) is 16.4. The van der Waals surface area contributed by atoms with E-state index in [9.17, 15) is 4.79 Å². The van der Waals surface area contributed by atoms with Crippen LogP contribution in [0.5, 0.6) is 5.75 Å². The summed E-state index contributed by atoms with van der Waals surface area (Å²) in [5, 5.41) is 0.0331. The van der Waals surface area contributed by atoms with Crippen LogP contribution in [-0.2, 0) is 11.2 Å². The van der Waals surface area contributed by atoms with E-state index in [2.05, 4.69) is 36.2 Å². The summed E-state index contributed by atoms with van der Waals surface area (Å²) in [6.45, 7) is -8.23. The fourth-order valence-corrected chi connectivity index (χ4v) is 3.71. The third kappa shape index (κ3) is 11.2. The highest BCUT2D eigenvalue weighted by atomic mass is 16.5. The zero-order valence-corrected chi connectivity index (χ0v) is 20.4. The van der Waals surface area contributed by atoms with Crippen molar-refractivity contribution in [2.45, 2.75) is 90.3 Å². The number of ether oxygens (including phenoxy) is 1. The summed E-state index contributed by atoms with van der Waals surface area (Å²) in [5.74, 6) is -0.564. The maximum atomic E-state index is 12.7. The van der Waals surface area contributed by atoms with Gasteiger partial charge in [-0.3, -0.25) is 4.79 Å². The summed E-state index contributed by atoms with van der Waals surface area (Å²) in [7, 11) is 0. The molecule has 1 heterocycles. The van der Waals surface area contributed by atoms with Gasteiger partial charge in [0.2, 0.25) is 0 Å². The monoisotopic (exact) mass is 476 g/mol. The van der Waals surface area contributed by atoms with Gasteiger partial charge in [-0.15, -0.1) is 0 Å². The Hall–Kier alpha value is -2.33. The first-order chi connectivity index (χ1) is 20.5. The van der Waals surface area contributed by atoms with Crippen LogP contribution in [0.4, 0.5) is 0 Å². The predicted octanol–water partition coefficient (Wildman–Crippen LogP) is 7.99. The normalized spacial score (nSPS) is 17.9. The second-order valence-electron chi connectivity index (χ2n) is 8.41. The minimum atomic E-state index is -3.50. The van der Waals surface area contributed by atoms with Gasteiger partial charge in [-0.05, 0) is 76.5 Å². The van der Waals surface area contributed by atoms with E-state index in [1.54, 1.807) is 12.1 Å². The second kappa shape index (κ2) is 17.2. The fourth-order valence-electron chi connectivity index (χ4n) is 3.71. The molecule has 4 nitrogen and oxygen atoms in total. The lowest BCUT2D eigenvalue weighted by Crippen LogP contribution is -2.15. The molecule has 0 aliphatic carbocycles. The molecule has 2 aromatic rings. The van der Waals surface area contributed by atoms with Crippen LogP contribution in [0.2, 0.25) is 0 Å². The average molecular weight is 477 g/mol. The van der Waals surface area contributed by atoms with Gasteiger partial charge in [-0.25, -0.2) is 0 Å². The molecule has 0 aliphatic heterocycles. The smallest absolute Gasteiger partial charge is 0.311 e. The SMILES string of the molecule is [2H]C([2H])([2H])N(C([2H])([2H])[2H])C([2H])([2H])C([2H])([2H])c1c[nH]c2cccc(OC(=O)CCCCCCC/C=C\C/C=C\CCCCC)c12. The van der Waals surface area contributed by atoms with Crippen LogP contribution < -0.4 is 4.74 Å². The van der Waals surface area contributed by atoms with Gasteiger partial charge in [0, 0.05) is 43.7 Å². The largest absolute Gasteiger partial charge is 0.426 e. The highest BCUT2D eigenvalue weighted by Crippen LogP contribution is 2.29. The fraction of sp³-hybridized carbons (Fsp3) is 0.567. The van der Waals surface area contributed by atoms with Gasteiger partial charge in [-0.1, -0.05) is 69.4 Å². The standard InChI is InChI=1S/C30H46N2O2/c1-4-5-6-7-8-9-10-11-12-13-14-15-16-17-18-22-29(33)34-28-21-19-20-27-30(28)26(25-31-27)23-24-32(2)3/h8-9,11-12,19-21,25,31H,4-7,10,13-18,22-24H2,1-3H3/b9-8-,12-11-/i2D3,3D3,23D2,24D2. The Morgan fingerprint density at radius 2 is 1.76 bits per heavy atom. The number of rotatable bonds is 18. The molecule has 0 amide bonds. The van der Waals surface area contributed by atoms with E-state index in [0.717, 1.165) is 51.1 Å². The van der Waals surface area contributed by atoms with Crippen LogP contribution in [0.3, 0.4) is 0 Å². The van der Waals surface area contributed by atoms with Gasteiger partial charge in [-0.2, -0.15) is 0 Å². The van der Waals surface area contributed by atoms with Crippen molar-refractivity contribution in [3.05, 3.63) is 54.3 Å². The minimum absolute atomic E-state index is 0.0275. The summed E-state index contributed by atoms with van der Waals surface area (Å²) in [6.07, 6.45) is 18.5. The van der Waals surface area contributed by atoms with E-state index < -0.39 is 37.7 Å². The lowest BCUT2D eigenvalue weighted by molar-refractivity contribution is -0.134. The molecule has 1 aromatic carbocycles. The highest BCUT2D eigenvalue weighted by Gasteiger charge is 2.13. The topological polar surface area (TPSA) is 45.3 Å². The third-order valence-corrected chi connectivity index (χ3v) is 5.53. The number of hydrogen-bond acceptors (Lipinski definition) is 3. The molecular weight excluding hydrogens is 420 g/mol.